The van der Waals surface area contributed by atoms with Crippen molar-refractivity contribution in [2.45, 2.75) is 55.2 Å². The van der Waals surface area contributed by atoms with Crippen molar-refractivity contribution in [3.8, 4) is 0 Å². The molecule has 2 aromatic heterocycles. The van der Waals surface area contributed by atoms with Gasteiger partial charge in [0.15, 0.2) is 5.16 Å². The summed E-state index contributed by atoms with van der Waals surface area (Å²) >= 11 is 1.31. The Balaban J connectivity index is 1.48. The third-order valence-corrected chi connectivity index (χ3v) is 7.16. The lowest BCUT2D eigenvalue weighted by Crippen LogP contribution is -2.19. The molecule has 9 nitrogen and oxygen atoms in total. The lowest BCUT2D eigenvalue weighted by atomic mass is 10.2. The first-order valence-corrected chi connectivity index (χ1v) is 12.4. The number of nitrogens with one attached hydrogen (secondary N) is 1. The van der Waals surface area contributed by atoms with E-state index in [1.54, 1.807) is 12.3 Å². The molecule has 0 bridgehead atoms. The molecule has 0 spiro atoms. The van der Waals surface area contributed by atoms with Gasteiger partial charge in [0.25, 0.3) is 0 Å². The molecule has 1 amide bonds. The zero-order valence-corrected chi connectivity index (χ0v) is 18.2. The summed E-state index contributed by atoms with van der Waals surface area (Å²) < 4.78 is 27.1. The van der Waals surface area contributed by atoms with Crippen LogP contribution in [0.4, 0.5) is 5.82 Å². The molecular weight excluding hydrogens is 424 g/mol. The molecular formula is C19H24N6O3S2. The van der Waals surface area contributed by atoms with Crippen molar-refractivity contribution in [2.75, 3.05) is 11.1 Å². The molecule has 0 atom stereocenters. The number of hydrogen-bond acceptors (Lipinski definition) is 6. The number of benzene rings is 1. The fourth-order valence-electron chi connectivity index (χ4n) is 3.84. The van der Waals surface area contributed by atoms with Gasteiger partial charge in [0.05, 0.1) is 33.9 Å². The van der Waals surface area contributed by atoms with Crippen LogP contribution in [0.5, 0.6) is 0 Å². The minimum Gasteiger partial charge on any atom is -0.319 e. The van der Waals surface area contributed by atoms with Crippen LogP contribution in [0.1, 0.15) is 38.6 Å². The van der Waals surface area contributed by atoms with Crippen LogP contribution in [0.15, 0.2) is 40.5 Å². The third-order valence-electron chi connectivity index (χ3n) is 5.27. The first kappa shape index (κ1) is 20.9. The average molecular weight is 449 g/mol. The van der Waals surface area contributed by atoms with Crippen LogP contribution in [0.25, 0.3) is 11.0 Å². The smallest absolute Gasteiger partial charge is 0.238 e. The molecule has 11 heteroatoms. The van der Waals surface area contributed by atoms with Crippen LogP contribution in [-0.2, 0) is 21.4 Å². The van der Waals surface area contributed by atoms with E-state index in [0.29, 0.717) is 29.1 Å². The lowest BCUT2D eigenvalue weighted by molar-refractivity contribution is -0.113. The highest BCUT2D eigenvalue weighted by atomic mass is 32.2. The van der Waals surface area contributed by atoms with Crippen molar-refractivity contribution in [1.29, 1.82) is 0 Å². The summed E-state index contributed by atoms with van der Waals surface area (Å²) in [5.74, 6) is 0.760. The van der Waals surface area contributed by atoms with E-state index in [2.05, 4.69) is 15.4 Å². The standard InChI is InChI=1S/C19H24N6O3S2/c1-2-24-16-8-7-14(30(20,27)28)11-15(16)22-19(24)29-12-18(26)23-17-9-10-21-25(17)13-5-3-4-6-13/h7-11,13H,2-6,12H2,1H3,(H,23,26)(H2,20,27,28). The number of amides is 1. The van der Waals surface area contributed by atoms with Crippen LogP contribution >= 0.6 is 11.8 Å². The molecule has 1 fully saturated rings. The van der Waals surface area contributed by atoms with E-state index in [1.807, 2.05) is 22.2 Å². The second kappa shape index (κ2) is 8.40. The number of hydrogen-bond donors (Lipinski definition) is 2. The van der Waals surface area contributed by atoms with Gasteiger partial charge >= 0.3 is 0 Å². The molecule has 4 rings (SSSR count). The number of imidazole rings is 1. The van der Waals surface area contributed by atoms with E-state index in [9.17, 15) is 13.2 Å². The number of rotatable bonds is 7. The molecule has 0 saturated heterocycles. The van der Waals surface area contributed by atoms with Gasteiger partial charge in [0.1, 0.15) is 5.82 Å². The topological polar surface area (TPSA) is 125 Å². The van der Waals surface area contributed by atoms with Gasteiger partial charge in [-0.1, -0.05) is 24.6 Å². The van der Waals surface area contributed by atoms with Gasteiger partial charge in [0.2, 0.25) is 15.9 Å². The van der Waals surface area contributed by atoms with Crippen molar-refractivity contribution in [3.63, 3.8) is 0 Å². The first-order valence-electron chi connectivity index (χ1n) is 9.86. The highest BCUT2D eigenvalue weighted by Gasteiger charge is 2.21. The second-order valence-corrected chi connectivity index (χ2v) is 9.77. The summed E-state index contributed by atoms with van der Waals surface area (Å²) in [6, 6.07) is 6.78. The highest BCUT2D eigenvalue weighted by molar-refractivity contribution is 7.99. The van der Waals surface area contributed by atoms with Crippen molar-refractivity contribution in [3.05, 3.63) is 30.5 Å². The molecule has 3 N–H and O–H groups in total. The zero-order chi connectivity index (χ0) is 21.3. The zero-order valence-electron chi connectivity index (χ0n) is 16.6. The largest absolute Gasteiger partial charge is 0.319 e. The summed E-state index contributed by atoms with van der Waals surface area (Å²) in [5.41, 5.74) is 1.33. The fourth-order valence-corrected chi connectivity index (χ4v) is 5.25. The van der Waals surface area contributed by atoms with E-state index >= 15 is 0 Å². The molecule has 0 unspecified atom stereocenters. The second-order valence-electron chi connectivity index (χ2n) is 7.27. The van der Waals surface area contributed by atoms with Crippen LogP contribution in [0, 0.1) is 0 Å². The van der Waals surface area contributed by atoms with Gasteiger partial charge in [0, 0.05) is 12.6 Å². The van der Waals surface area contributed by atoms with Crippen LogP contribution in [0.3, 0.4) is 0 Å². The molecule has 0 aliphatic heterocycles. The number of primary sulfonamides is 1. The maximum absolute atomic E-state index is 12.5. The molecule has 2 heterocycles. The van der Waals surface area contributed by atoms with Gasteiger partial charge in [-0.3, -0.25) is 4.79 Å². The minimum absolute atomic E-state index is 0.0187. The fraction of sp³-hybridized carbons (Fsp3) is 0.421. The maximum atomic E-state index is 12.5. The summed E-state index contributed by atoms with van der Waals surface area (Å²) in [6.45, 7) is 2.61. The number of carbonyl (C=O) groups excluding carboxylic acids is 1. The van der Waals surface area contributed by atoms with Gasteiger partial charge in [-0.25, -0.2) is 23.2 Å². The van der Waals surface area contributed by atoms with Crippen molar-refractivity contribution >= 4 is 44.5 Å². The summed E-state index contributed by atoms with van der Waals surface area (Å²) in [7, 11) is -3.80. The average Bonchev–Trinajstić information content (AvgIpc) is 3.43. The molecule has 0 radical (unpaired) electrons. The Bertz CT molecular complexity index is 1180. The van der Waals surface area contributed by atoms with Gasteiger partial charge in [-0.15, -0.1) is 0 Å². The Hall–Kier alpha value is -2.37. The SMILES string of the molecule is CCn1c(SCC(=O)Nc2ccnn2C2CCCC2)nc2cc(S(N)(=O)=O)ccc21. The van der Waals surface area contributed by atoms with E-state index < -0.39 is 10.0 Å². The normalized spacial score (nSPS) is 15.1. The first-order chi connectivity index (χ1) is 14.4. The lowest BCUT2D eigenvalue weighted by Gasteiger charge is -2.14. The number of sulfonamides is 1. The van der Waals surface area contributed by atoms with Crippen molar-refractivity contribution < 1.29 is 13.2 Å². The molecule has 30 heavy (non-hydrogen) atoms. The maximum Gasteiger partial charge on any atom is 0.238 e. The number of nitrogens with two attached hydrogens (primary N) is 1. The number of anilines is 1. The monoisotopic (exact) mass is 448 g/mol. The van der Waals surface area contributed by atoms with E-state index in [-0.39, 0.29) is 16.6 Å². The molecule has 160 valence electrons. The molecule has 1 aromatic carbocycles. The Morgan fingerprint density at radius 1 is 1.30 bits per heavy atom. The van der Waals surface area contributed by atoms with Crippen LogP contribution < -0.4 is 10.5 Å². The molecule has 1 saturated carbocycles. The number of carbonyl (C=O) groups is 1. The van der Waals surface area contributed by atoms with E-state index in [1.165, 1.54) is 36.7 Å². The predicted molar refractivity (Wildman–Crippen MR) is 116 cm³/mol. The third kappa shape index (κ3) is 4.23. The van der Waals surface area contributed by atoms with E-state index in [4.69, 9.17) is 5.14 Å². The van der Waals surface area contributed by atoms with Gasteiger partial charge < -0.3 is 9.88 Å². The number of fused-ring (bicyclic) bond motifs is 1. The Morgan fingerprint density at radius 3 is 2.77 bits per heavy atom. The number of aromatic nitrogens is 4. The summed E-state index contributed by atoms with van der Waals surface area (Å²) in [5, 5.41) is 13.2. The summed E-state index contributed by atoms with van der Waals surface area (Å²) in [4.78, 5) is 17.1. The molecule has 3 aromatic rings. The predicted octanol–water partition coefficient (Wildman–Crippen LogP) is 2.75. The highest BCUT2D eigenvalue weighted by Crippen LogP contribution is 2.31. The number of thioether (sulfide) groups is 1. The minimum atomic E-state index is -3.80. The van der Waals surface area contributed by atoms with Crippen molar-refractivity contribution in [2.24, 2.45) is 5.14 Å². The summed E-state index contributed by atoms with van der Waals surface area (Å²) in [6.07, 6.45) is 6.25. The van der Waals surface area contributed by atoms with E-state index in [0.717, 1.165) is 18.4 Å². The van der Waals surface area contributed by atoms with Crippen LogP contribution in [0.2, 0.25) is 0 Å². The Labute approximate surface area is 179 Å². The number of aryl methyl sites for hydroxylation is 1. The molecule has 1 aliphatic rings. The van der Waals surface area contributed by atoms with Crippen molar-refractivity contribution in [1.82, 2.24) is 19.3 Å². The Kier molecular flexibility index (Phi) is 5.85. The van der Waals surface area contributed by atoms with Gasteiger partial charge in [-0.05, 0) is 38.0 Å². The number of nitrogens with zero attached hydrogens (tertiary/aromatic N) is 4. The van der Waals surface area contributed by atoms with Gasteiger partial charge in [-0.2, -0.15) is 5.10 Å². The van der Waals surface area contributed by atoms with Crippen LogP contribution in [-0.4, -0.2) is 39.4 Å². The Morgan fingerprint density at radius 2 is 2.07 bits per heavy atom. The quantitative estimate of drug-likeness (QED) is 0.536. The molecule has 1 aliphatic carbocycles.